The molecule has 0 saturated carbocycles. The van der Waals surface area contributed by atoms with Gasteiger partial charge in [-0.2, -0.15) is 0 Å². The van der Waals surface area contributed by atoms with Crippen molar-refractivity contribution in [2.75, 3.05) is 0 Å². The van der Waals surface area contributed by atoms with Crippen molar-refractivity contribution < 1.29 is 4.42 Å². The third-order valence-corrected chi connectivity index (χ3v) is 5.26. The summed E-state index contributed by atoms with van der Waals surface area (Å²) in [5.74, 6) is 2.14. The van der Waals surface area contributed by atoms with Gasteiger partial charge in [-0.05, 0) is 24.3 Å². The molecule has 0 radical (unpaired) electrons. The van der Waals surface area contributed by atoms with E-state index < -0.39 is 0 Å². The van der Waals surface area contributed by atoms with E-state index in [2.05, 4.69) is 20.4 Å². The average Bonchev–Trinajstić information content (AvgIpc) is 3.38. The molecule has 0 amide bonds. The van der Waals surface area contributed by atoms with Crippen molar-refractivity contribution in [3.05, 3.63) is 70.8 Å². The lowest BCUT2D eigenvalue weighted by atomic mass is 10.2. The Balaban J connectivity index is 1.50. The summed E-state index contributed by atoms with van der Waals surface area (Å²) in [5.41, 5.74) is 1.55. The molecule has 138 valence electrons. The molecular weight excluding hydrogens is 376 g/mol. The quantitative estimate of drug-likeness (QED) is 0.436. The highest BCUT2D eigenvalue weighted by atomic mass is 32.2. The fraction of sp³-hybridized carbons (Fsp3) is 0.105. The van der Waals surface area contributed by atoms with E-state index in [9.17, 15) is 4.79 Å². The van der Waals surface area contributed by atoms with E-state index in [1.807, 2.05) is 52.9 Å². The molecule has 0 fully saturated rings. The number of fused-ring (bicyclic) bond motifs is 3. The summed E-state index contributed by atoms with van der Waals surface area (Å²) >= 11 is 1.38. The van der Waals surface area contributed by atoms with Gasteiger partial charge in [-0.3, -0.25) is 13.8 Å². The van der Waals surface area contributed by atoms with Gasteiger partial charge >= 0.3 is 0 Å². The molecular formula is C19H14N6O2S. The monoisotopic (exact) mass is 390 g/mol. The van der Waals surface area contributed by atoms with Crippen molar-refractivity contribution in [3.63, 3.8) is 0 Å². The van der Waals surface area contributed by atoms with E-state index >= 15 is 0 Å². The Morgan fingerprint density at radius 1 is 0.964 bits per heavy atom. The van der Waals surface area contributed by atoms with Crippen molar-refractivity contribution >= 4 is 28.4 Å². The van der Waals surface area contributed by atoms with E-state index in [1.54, 1.807) is 13.1 Å². The van der Waals surface area contributed by atoms with Gasteiger partial charge in [0.15, 0.2) is 0 Å². The van der Waals surface area contributed by atoms with Crippen LogP contribution in [0.4, 0.5) is 0 Å². The van der Waals surface area contributed by atoms with Gasteiger partial charge in [0.25, 0.3) is 10.8 Å². The number of hydrogen-bond acceptors (Lipinski definition) is 7. The van der Waals surface area contributed by atoms with E-state index in [-0.39, 0.29) is 5.56 Å². The molecule has 0 saturated heterocycles. The Bertz CT molecular complexity index is 1360. The van der Waals surface area contributed by atoms with Crippen LogP contribution in [0.2, 0.25) is 0 Å². The van der Waals surface area contributed by atoms with Gasteiger partial charge in [0.1, 0.15) is 5.82 Å². The van der Waals surface area contributed by atoms with Crippen molar-refractivity contribution in [1.29, 1.82) is 0 Å². The van der Waals surface area contributed by atoms with Crippen LogP contribution >= 0.6 is 11.8 Å². The number of benzene rings is 2. The summed E-state index contributed by atoms with van der Waals surface area (Å²) in [7, 11) is 1.69. The highest BCUT2D eigenvalue weighted by Gasteiger charge is 2.16. The Morgan fingerprint density at radius 3 is 2.61 bits per heavy atom. The minimum absolute atomic E-state index is 0.0980. The summed E-state index contributed by atoms with van der Waals surface area (Å²) in [4.78, 5) is 12.5. The molecule has 2 aromatic carbocycles. The zero-order valence-corrected chi connectivity index (χ0v) is 15.6. The van der Waals surface area contributed by atoms with Crippen LogP contribution in [0.15, 0.2) is 69.0 Å². The molecule has 0 bridgehead atoms. The first-order chi connectivity index (χ1) is 13.7. The number of aryl methyl sites for hydroxylation is 1. The molecule has 8 nitrogen and oxygen atoms in total. The predicted octanol–water partition coefficient (Wildman–Crippen LogP) is 2.92. The summed E-state index contributed by atoms with van der Waals surface area (Å²) in [6, 6.07) is 17.0. The Labute approximate surface area is 162 Å². The largest absolute Gasteiger partial charge is 0.411 e. The van der Waals surface area contributed by atoms with Crippen molar-refractivity contribution in [2.24, 2.45) is 7.05 Å². The van der Waals surface area contributed by atoms with E-state index in [0.29, 0.717) is 33.9 Å². The smallest absolute Gasteiger partial charge is 0.277 e. The number of nitrogens with zero attached hydrogens (tertiary/aromatic N) is 6. The first kappa shape index (κ1) is 16.7. The van der Waals surface area contributed by atoms with E-state index in [4.69, 9.17) is 4.42 Å². The van der Waals surface area contributed by atoms with Gasteiger partial charge in [-0.25, -0.2) is 0 Å². The fourth-order valence-electron chi connectivity index (χ4n) is 3.08. The fourth-order valence-corrected chi connectivity index (χ4v) is 3.75. The molecule has 28 heavy (non-hydrogen) atoms. The molecule has 0 aliphatic heterocycles. The molecule has 9 heteroatoms. The van der Waals surface area contributed by atoms with Gasteiger partial charge in [-0.15, -0.1) is 20.4 Å². The average molecular weight is 390 g/mol. The topological polar surface area (TPSA) is 91.1 Å². The van der Waals surface area contributed by atoms with E-state index in [1.165, 1.54) is 16.3 Å². The second kappa shape index (κ2) is 6.61. The Hall–Kier alpha value is -3.46. The normalized spacial score (nSPS) is 11.5. The highest BCUT2D eigenvalue weighted by molar-refractivity contribution is 7.98. The SMILES string of the molecule is Cn1c(=O)c2ccccc2n2c(CSc3nnc(-c4ccccc4)o3)nnc12. The highest BCUT2D eigenvalue weighted by Crippen LogP contribution is 2.26. The van der Waals surface area contributed by atoms with Gasteiger partial charge in [0, 0.05) is 12.6 Å². The number of hydrogen-bond donors (Lipinski definition) is 0. The van der Waals surface area contributed by atoms with Crippen LogP contribution in [-0.2, 0) is 12.8 Å². The first-order valence-corrected chi connectivity index (χ1v) is 9.54. The Kier molecular flexibility index (Phi) is 3.94. The first-order valence-electron chi connectivity index (χ1n) is 8.56. The lowest BCUT2D eigenvalue weighted by molar-refractivity contribution is 0.465. The van der Waals surface area contributed by atoms with Crippen LogP contribution in [0.25, 0.3) is 28.1 Å². The molecule has 0 atom stereocenters. The van der Waals surface area contributed by atoms with Crippen LogP contribution in [0.5, 0.6) is 0 Å². The maximum absolute atomic E-state index is 12.5. The standard InChI is InChI=1S/C19H14N6O2S/c1-24-17(26)13-9-5-6-10-14(13)25-15(20-22-18(24)25)11-28-19-23-21-16(27-19)12-7-3-2-4-8-12/h2-10H,11H2,1H3. The van der Waals surface area contributed by atoms with Crippen LogP contribution in [0.3, 0.4) is 0 Å². The third-order valence-electron chi connectivity index (χ3n) is 4.44. The zero-order chi connectivity index (χ0) is 19.1. The molecule has 0 aliphatic rings. The minimum Gasteiger partial charge on any atom is -0.411 e. The molecule has 0 N–H and O–H groups in total. The maximum atomic E-state index is 12.5. The second-order valence-corrected chi connectivity index (χ2v) is 7.09. The number of rotatable bonds is 4. The van der Waals surface area contributed by atoms with Crippen LogP contribution in [-0.4, -0.2) is 29.4 Å². The molecule has 5 rings (SSSR count). The van der Waals surface area contributed by atoms with Crippen LogP contribution in [0, 0.1) is 0 Å². The van der Waals surface area contributed by atoms with Crippen molar-refractivity contribution in [3.8, 4) is 11.5 Å². The van der Waals surface area contributed by atoms with Crippen molar-refractivity contribution in [2.45, 2.75) is 11.0 Å². The van der Waals surface area contributed by atoms with E-state index in [0.717, 1.165) is 11.1 Å². The van der Waals surface area contributed by atoms with Gasteiger partial charge < -0.3 is 4.42 Å². The summed E-state index contributed by atoms with van der Waals surface area (Å²) in [6.45, 7) is 0. The molecule has 3 aromatic heterocycles. The molecule has 0 aliphatic carbocycles. The van der Waals surface area contributed by atoms with Crippen LogP contribution in [0.1, 0.15) is 5.82 Å². The molecule has 3 heterocycles. The predicted molar refractivity (Wildman–Crippen MR) is 105 cm³/mol. The van der Waals surface area contributed by atoms with Gasteiger partial charge in [0.2, 0.25) is 11.7 Å². The maximum Gasteiger partial charge on any atom is 0.277 e. The number of aromatic nitrogens is 6. The lowest BCUT2D eigenvalue weighted by Gasteiger charge is -2.07. The molecule has 5 aromatic rings. The molecule has 0 unspecified atom stereocenters. The number of para-hydroxylation sites is 1. The number of thioether (sulfide) groups is 1. The second-order valence-electron chi connectivity index (χ2n) is 6.16. The molecule has 0 spiro atoms. The summed E-state index contributed by atoms with van der Waals surface area (Å²) in [5, 5.41) is 17.7. The summed E-state index contributed by atoms with van der Waals surface area (Å²) in [6.07, 6.45) is 0. The van der Waals surface area contributed by atoms with Gasteiger partial charge in [-0.1, -0.05) is 42.1 Å². The third kappa shape index (κ3) is 2.67. The minimum atomic E-state index is -0.0980. The van der Waals surface area contributed by atoms with Gasteiger partial charge in [0.05, 0.1) is 16.7 Å². The Morgan fingerprint density at radius 2 is 1.75 bits per heavy atom. The lowest BCUT2D eigenvalue weighted by Crippen LogP contribution is -2.20. The zero-order valence-electron chi connectivity index (χ0n) is 14.8. The van der Waals surface area contributed by atoms with Crippen molar-refractivity contribution in [1.82, 2.24) is 29.4 Å². The summed E-state index contributed by atoms with van der Waals surface area (Å²) < 4.78 is 9.13. The van der Waals surface area contributed by atoms with Crippen LogP contribution < -0.4 is 5.56 Å².